The highest BCUT2D eigenvalue weighted by atomic mass is 19.4. The summed E-state index contributed by atoms with van der Waals surface area (Å²) in [6.07, 6.45) is 0.357. The summed E-state index contributed by atoms with van der Waals surface area (Å²) in [6, 6.07) is 1.68. The monoisotopic (exact) mass is 485 g/mol. The predicted octanol–water partition coefficient (Wildman–Crippen LogP) is 1.74. The molecule has 2 aromatic heterocycles. The van der Waals surface area contributed by atoms with Gasteiger partial charge in [0.05, 0.1) is 30.3 Å². The molecule has 34 heavy (non-hydrogen) atoms. The lowest BCUT2D eigenvalue weighted by Crippen LogP contribution is -2.41. The predicted molar refractivity (Wildman–Crippen MR) is 113 cm³/mol. The maximum Gasteiger partial charge on any atom is 0.490 e. The van der Waals surface area contributed by atoms with E-state index in [1.165, 1.54) is 0 Å². The molecule has 1 aliphatic heterocycles. The fourth-order valence-corrected chi connectivity index (χ4v) is 3.27. The SMILES string of the molecule is COCCNC(=O)Cc1cn2c(n1)C(C)N(C(=O)c1cncc(C)c1)CC2.O=C(O)C(F)(F)F. The van der Waals surface area contributed by atoms with Gasteiger partial charge < -0.3 is 24.6 Å². The van der Waals surface area contributed by atoms with Crippen molar-refractivity contribution in [3.05, 3.63) is 47.3 Å². The number of halogens is 3. The van der Waals surface area contributed by atoms with E-state index in [4.69, 9.17) is 14.6 Å². The van der Waals surface area contributed by atoms with Crippen LogP contribution in [0.15, 0.2) is 24.7 Å². The molecule has 2 aromatic rings. The second-order valence-corrected chi connectivity index (χ2v) is 7.53. The number of aryl methyl sites for hydroxylation is 1. The Kier molecular flexibility index (Phi) is 9.12. The van der Waals surface area contributed by atoms with E-state index in [1.54, 1.807) is 24.4 Å². The minimum Gasteiger partial charge on any atom is -0.475 e. The van der Waals surface area contributed by atoms with Gasteiger partial charge in [-0.1, -0.05) is 0 Å². The average Bonchev–Trinajstić information content (AvgIpc) is 3.17. The van der Waals surface area contributed by atoms with Crippen LogP contribution < -0.4 is 5.32 Å². The Labute approximate surface area is 193 Å². The summed E-state index contributed by atoms with van der Waals surface area (Å²) in [5, 5.41) is 9.92. The topological polar surface area (TPSA) is 127 Å². The van der Waals surface area contributed by atoms with Gasteiger partial charge in [0.25, 0.3) is 5.91 Å². The van der Waals surface area contributed by atoms with E-state index in [2.05, 4.69) is 15.3 Å². The normalized spacial score (nSPS) is 15.1. The minimum absolute atomic E-state index is 0.0493. The fraction of sp³-hybridized carbons (Fsp3) is 0.476. The van der Waals surface area contributed by atoms with Crippen LogP contribution in [0.2, 0.25) is 0 Å². The third kappa shape index (κ3) is 7.27. The minimum atomic E-state index is -5.08. The molecular weight excluding hydrogens is 459 g/mol. The molecule has 186 valence electrons. The van der Waals surface area contributed by atoms with E-state index in [0.29, 0.717) is 37.5 Å². The van der Waals surface area contributed by atoms with Crippen molar-refractivity contribution in [1.29, 1.82) is 0 Å². The molecule has 0 saturated heterocycles. The second-order valence-electron chi connectivity index (χ2n) is 7.53. The number of imidazole rings is 1. The number of carbonyl (C=O) groups is 3. The maximum atomic E-state index is 12.9. The van der Waals surface area contributed by atoms with Crippen molar-refractivity contribution in [2.45, 2.75) is 39.0 Å². The molecule has 3 rings (SSSR count). The third-order valence-corrected chi connectivity index (χ3v) is 4.88. The van der Waals surface area contributed by atoms with Crippen LogP contribution >= 0.6 is 0 Å². The molecule has 0 radical (unpaired) electrons. The van der Waals surface area contributed by atoms with Crippen molar-refractivity contribution in [1.82, 2.24) is 24.8 Å². The Bertz CT molecular complexity index is 1020. The van der Waals surface area contributed by atoms with E-state index in [1.807, 2.05) is 30.7 Å². The molecule has 1 aliphatic rings. The van der Waals surface area contributed by atoms with Crippen molar-refractivity contribution >= 4 is 17.8 Å². The number of aliphatic carboxylic acids is 1. The van der Waals surface area contributed by atoms with Gasteiger partial charge in [-0.3, -0.25) is 14.6 Å². The standard InChI is InChI=1S/C19H25N5O3.C2HF3O2/c1-13-8-15(11-20-10-13)19(26)24-6-5-23-12-16(22-18(23)14(24)2)9-17(25)21-4-7-27-3;3-2(4,5)1(6)7/h8,10-12,14H,4-7,9H2,1-3H3,(H,21,25);(H,6,7). The quantitative estimate of drug-likeness (QED) is 0.597. The summed E-state index contributed by atoms with van der Waals surface area (Å²) < 4.78 is 38.7. The van der Waals surface area contributed by atoms with Gasteiger partial charge in [-0.05, 0) is 25.5 Å². The average molecular weight is 485 g/mol. The van der Waals surface area contributed by atoms with Crippen molar-refractivity contribution in [3.8, 4) is 0 Å². The van der Waals surface area contributed by atoms with Gasteiger partial charge in [0, 0.05) is 45.3 Å². The molecule has 1 unspecified atom stereocenters. The van der Waals surface area contributed by atoms with Crippen LogP contribution in [0.3, 0.4) is 0 Å². The third-order valence-electron chi connectivity index (χ3n) is 4.88. The molecule has 0 spiro atoms. The van der Waals surface area contributed by atoms with Crippen LogP contribution in [-0.4, -0.2) is 75.3 Å². The maximum absolute atomic E-state index is 12.9. The largest absolute Gasteiger partial charge is 0.490 e. The van der Waals surface area contributed by atoms with Gasteiger partial charge in [0.15, 0.2) is 0 Å². The molecule has 0 fully saturated rings. The first-order valence-electron chi connectivity index (χ1n) is 10.3. The Balaban J connectivity index is 0.000000509. The number of hydrogen-bond acceptors (Lipinski definition) is 6. The molecule has 0 saturated carbocycles. The van der Waals surface area contributed by atoms with Crippen LogP contribution in [0.1, 0.15) is 40.4 Å². The molecule has 2 N–H and O–H groups in total. The summed E-state index contributed by atoms with van der Waals surface area (Å²) in [7, 11) is 1.59. The zero-order valence-electron chi connectivity index (χ0n) is 18.9. The zero-order chi connectivity index (χ0) is 25.5. The number of amides is 2. The van der Waals surface area contributed by atoms with Crippen LogP contribution in [-0.2, 0) is 27.3 Å². The summed E-state index contributed by atoms with van der Waals surface area (Å²) in [4.78, 5) is 44.3. The van der Waals surface area contributed by atoms with E-state index in [-0.39, 0.29) is 24.3 Å². The number of hydrogen-bond donors (Lipinski definition) is 2. The Hall–Kier alpha value is -3.48. The number of methoxy groups -OCH3 is 1. The van der Waals surface area contributed by atoms with Gasteiger partial charge in [-0.2, -0.15) is 13.2 Å². The van der Waals surface area contributed by atoms with E-state index >= 15 is 0 Å². The second kappa shape index (κ2) is 11.6. The van der Waals surface area contributed by atoms with Crippen LogP contribution in [0.5, 0.6) is 0 Å². The summed E-state index contributed by atoms with van der Waals surface area (Å²) in [5.74, 6) is -2.09. The Morgan fingerprint density at radius 3 is 2.53 bits per heavy atom. The smallest absolute Gasteiger partial charge is 0.475 e. The number of nitrogens with zero attached hydrogens (tertiary/aromatic N) is 4. The van der Waals surface area contributed by atoms with Crippen molar-refractivity contribution in [2.24, 2.45) is 0 Å². The molecule has 10 nitrogen and oxygen atoms in total. The van der Waals surface area contributed by atoms with Crippen molar-refractivity contribution in [2.75, 3.05) is 26.8 Å². The van der Waals surface area contributed by atoms with Gasteiger partial charge in [0.2, 0.25) is 5.91 Å². The van der Waals surface area contributed by atoms with E-state index < -0.39 is 12.1 Å². The van der Waals surface area contributed by atoms with E-state index in [0.717, 1.165) is 11.4 Å². The van der Waals surface area contributed by atoms with Crippen molar-refractivity contribution in [3.63, 3.8) is 0 Å². The highest BCUT2D eigenvalue weighted by molar-refractivity contribution is 5.94. The highest BCUT2D eigenvalue weighted by Gasteiger charge is 2.38. The summed E-state index contributed by atoms with van der Waals surface area (Å²) >= 11 is 0. The zero-order valence-corrected chi connectivity index (χ0v) is 18.9. The van der Waals surface area contributed by atoms with Gasteiger partial charge in [-0.25, -0.2) is 9.78 Å². The van der Waals surface area contributed by atoms with Gasteiger partial charge >= 0.3 is 12.1 Å². The van der Waals surface area contributed by atoms with Crippen LogP contribution in [0.4, 0.5) is 13.2 Å². The summed E-state index contributed by atoms with van der Waals surface area (Å²) in [5.41, 5.74) is 2.24. The lowest BCUT2D eigenvalue weighted by molar-refractivity contribution is -0.192. The Morgan fingerprint density at radius 2 is 1.94 bits per heavy atom. The number of fused-ring (bicyclic) bond motifs is 1. The number of alkyl halides is 3. The molecule has 1 atom stereocenters. The molecule has 2 amide bonds. The number of carbonyl (C=O) groups excluding carboxylic acids is 2. The van der Waals surface area contributed by atoms with Crippen LogP contribution in [0.25, 0.3) is 0 Å². The number of aromatic nitrogens is 3. The number of ether oxygens (including phenoxy) is 1. The number of pyridine rings is 1. The molecular formula is C21H26F3N5O5. The summed E-state index contributed by atoms with van der Waals surface area (Å²) in [6.45, 7) is 6.08. The van der Waals surface area contributed by atoms with Gasteiger partial charge in [-0.15, -0.1) is 0 Å². The number of carboxylic acid groups (broad SMARTS) is 1. The molecule has 13 heteroatoms. The first-order chi connectivity index (χ1) is 15.9. The Morgan fingerprint density at radius 1 is 1.26 bits per heavy atom. The first-order valence-corrected chi connectivity index (χ1v) is 10.3. The van der Waals surface area contributed by atoms with Gasteiger partial charge in [0.1, 0.15) is 5.82 Å². The fourth-order valence-electron chi connectivity index (χ4n) is 3.27. The first kappa shape index (κ1) is 26.8. The lowest BCUT2D eigenvalue weighted by atomic mass is 10.1. The van der Waals surface area contributed by atoms with E-state index in [9.17, 15) is 22.8 Å². The number of rotatable bonds is 6. The molecule has 3 heterocycles. The molecule has 0 bridgehead atoms. The highest BCUT2D eigenvalue weighted by Crippen LogP contribution is 2.26. The lowest BCUT2D eigenvalue weighted by Gasteiger charge is -2.33. The van der Waals surface area contributed by atoms with Crippen molar-refractivity contribution < 1.29 is 37.4 Å². The molecule has 0 aromatic carbocycles. The number of nitrogens with one attached hydrogen (secondary N) is 1. The molecule has 0 aliphatic carbocycles. The van der Waals surface area contributed by atoms with Crippen LogP contribution in [0, 0.1) is 6.92 Å². The number of carboxylic acids is 1.